The van der Waals surface area contributed by atoms with Crippen molar-refractivity contribution in [2.75, 3.05) is 20.6 Å². The van der Waals surface area contributed by atoms with Crippen LogP contribution in [0.5, 0.6) is 0 Å². The Hall–Kier alpha value is -0.870. The van der Waals surface area contributed by atoms with Crippen LogP contribution in [0.2, 0.25) is 0 Å². The molecule has 82 valence electrons. The molecule has 14 heavy (non-hydrogen) atoms. The highest BCUT2D eigenvalue weighted by atomic mass is 16.6. The number of esters is 1. The minimum atomic E-state index is -0.420. The highest BCUT2D eigenvalue weighted by molar-refractivity contribution is 5.82. The Morgan fingerprint density at radius 3 is 2.43 bits per heavy atom. The SMILES string of the molecule is CN(C)NCC=CC(=O)OC(C)(C)C. The molecular formula is C10H20N2O2. The van der Waals surface area contributed by atoms with Crippen LogP contribution in [0.4, 0.5) is 0 Å². The van der Waals surface area contributed by atoms with Crippen molar-refractivity contribution in [3.63, 3.8) is 0 Å². The van der Waals surface area contributed by atoms with Crippen molar-refractivity contribution in [2.45, 2.75) is 26.4 Å². The summed E-state index contributed by atoms with van der Waals surface area (Å²) in [5.41, 5.74) is 2.58. The fourth-order valence-electron chi connectivity index (χ4n) is 0.726. The predicted octanol–water partition coefficient (Wildman–Crippen LogP) is 0.950. The van der Waals surface area contributed by atoms with Crippen LogP contribution in [0, 0.1) is 0 Å². The van der Waals surface area contributed by atoms with E-state index in [9.17, 15) is 4.79 Å². The van der Waals surface area contributed by atoms with E-state index < -0.39 is 5.60 Å². The lowest BCUT2D eigenvalue weighted by Gasteiger charge is -2.18. The van der Waals surface area contributed by atoms with E-state index in [2.05, 4.69) is 5.43 Å². The Balaban J connectivity index is 3.72. The third kappa shape index (κ3) is 9.22. The molecule has 0 atom stereocenters. The van der Waals surface area contributed by atoms with E-state index in [1.54, 1.807) is 6.08 Å². The molecule has 0 amide bonds. The number of hydrogen-bond donors (Lipinski definition) is 1. The molecular weight excluding hydrogens is 180 g/mol. The lowest BCUT2D eigenvalue weighted by Crippen LogP contribution is -2.30. The van der Waals surface area contributed by atoms with Gasteiger partial charge in [0.1, 0.15) is 5.60 Å². The number of carbonyl (C=O) groups excluding carboxylic acids is 1. The summed E-state index contributed by atoms with van der Waals surface area (Å²) in [6, 6.07) is 0. The summed E-state index contributed by atoms with van der Waals surface area (Å²) in [6.45, 7) is 6.15. The summed E-state index contributed by atoms with van der Waals surface area (Å²) < 4.78 is 5.08. The topological polar surface area (TPSA) is 41.6 Å². The second kappa shape index (κ2) is 5.78. The normalized spacial score (nSPS) is 12.4. The van der Waals surface area contributed by atoms with Gasteiger partial charge in [0.15, 0.2) is 0 Å². The van der Waals surface area contributed by atoms with E-state index >= 15 is 0 Å². The van der Waals surface area contributed by atoms with E-state index in [0.717, 1.165) is 0 Å². The number of hydrazine groups is 1. The van der Waals surface area contributed by atoms with Crippen molar-refractivity contribution in [2.24, 2.45) is 0 Å². The number of rotatable bonds is 4. The van der Waals surface area contributed by atoms with Crippen molar-refractivity contribution in [3.8, 4) is 0 Å². The van der Waals surface area contributed by atoms with Gasteiger partial charge in [-0.25, -0.2) is 4.79 Å². The minimum Gasteiger partial charge on any atom is -0.457 e. The molecule has 0 aromatic heterocycles. The standard InChI is InChI=1S/C10H20N2O2/c1-10(2,3)14-9(13)7-6-8-11-12(4)5/h6-7,11H,8H2,1-5H3. The second-order valence-corrected chi connectivity index (χ2v) is 4.19. The molecule has 1 N–H and O–H groups in total. The van der Waals surface area contributed by atoms with E-state index in [-0.39, 0.29) is 5.97 Å². The van der Waals surface area contributed by atoms with Crippen LogP contribution < -0.4 is 5.43 Å². The van der Waals surface area contributed by atoms with Crippen molar-refractivity contribution < 1.29 is 9.53 Å². The Labute approximate surface area is 85.9 Å². The monoisotopic (exact) mass is 200 g/mol. The first kappa shape index (κ1) is 13.1. The third-order valence-corrected chi connectivity index (χ3v) is 1.19. The second-order valence-electron chi connectivity index (χ2n) is 4.19. The number of ether oxygens (including phenoxy) is 1. The van der Waals surface area contributed by atoms with Gasteiger partial charge in [-0.05, 0) is 20.8 Å². The summed E-state index contributed by atoms with van der Waals surface area (Å²) in [5, 5.41) is 1.82. The maximum atomic E-state index is 11.2. The van der Waals surface area contributed by atoms with Crippen LogP contribution in [-0.2, 0) is 9.53 Å². The van der Waals surface area contributed by atoms with Gasteiger partial charge in [0.05, 0.1) is 0 Å². The molecule has 0 aromatic rings. The zero-order valence-corrected chi connectivity index (χ0v) is 9.63. The van der Waals surface area contributed by atoms with Gasteiger partial charge in [0.25, 0.3) is 0 Å². The van der Waals surface area contributed by atoms with E-state index in [4.69, 9.17) is 4.74 Å². The van der Waals surface area contributed by atoms with Gasteiger partial charge >= 0.3 is 5.97 Å². The van der Waals surface area contributed by atoms with Gasteiger partial charge in [-0.15, -0.1) is 0 Å². The molecule has 0 rings (SSSR count). The van der Waals surface area contributed by atoms with Crippen LogP contribution in [0.3, 0.4) is 0 Å². The molecule has 0 aliphatic heterocycles. The smallest absolute Gasteiger partial charge is 0.330 e. The maximum absolute atomic E-state index is 11.2. The quantitative estimate of drug-likeness (QED) is 0.417. The first-order valence-corrected chi connectivity index (χ1v) is 4.61. The molecule has 0 aromatic carbocycles. The fourth-order valence-corrected chi connectivity index (χ4v) is 0.726. The molecule has 0 fully saturated rings. The maximum Gasteiger partial charge on any atom is 0.330 e. The minimum absolute atomic E-state index is 0.307. The summed E-state index contributed by atoms with van der Waals surface area (Å²) in [6.07, 6.45) is 3.16. The van der Waals surface area contributed by atoms with Crippen molar-refractivity contribution in [1.29, 1.82) is 0 Å². The molecule has 0 unspecified atom stereocenters. The van der Waals surface area contributed by atoms with E-state index in [0.29, 0.717) is 6.54 Å². The molecule has 4 nitrogen and oxygen atoms in total. The largest absolute Gasteiger partial charge is 0.457 e. The summed E-state index contributed by atoms with van der Waals surface area (Å²) in [7, 11) is 3.78. The highest BCUT2D eigenvalue weighted by Crippen LogP contribution is 2.06. The van der Waals surface area contributed by atoms with E-state index in [1.165, 1.54) is 6.08 Å². The average Bonchev–Trinajstić information content (AvgIpc) is 1.94. The Morgan fingerprint density at radius 1 is 1.43 bits per heavy atom. The number of nitrogens with one attached hydrogen (secondary N) is 1. The van der Waals surface area contributed by atoms with Crippen LogP contribution >= 0.6 is 0 Å². The summed E-state index contributed by atoms with van der Waals surface area (Å²) >= 11 is 0. The molecule has 0 radical (unpaired) electrons. The zero-order chi connectivity index (χ0) is 11.2. The molecule has 0 saturated carbocycles. The summed E-state index contributed by atoms with van der Waals surface area (Å²) in [4.78, 5) is 11.2. The number of carbonyl (C=O) groups is 1. The molecule has 0 saturated heterocycles. The van der Waals surface area contributed by atoms with Crippen LogP contribution in [0.1, 0.15) is 20.8 Å². The van der Waals surface area contributed by atoms with Crippen LogP contribution in [0.25, 0.3) is 0 Å². The third-order valence-electron chi connectivity index (χ3n) is 1.19. The van der Waals surface area contributed by atoms with Crippen molar-refractivity contribution in [3.05, 3.63) is 12.2 Å². The Morgan fingerprint density at radius 2 is 2.00 bits per heavy atom. The van der Waals surface area contributed by atoms with Gasteiger partial charge < -0.3 is 4.74 Å². The lowest BCUT2D eigenvalue weighted by molar-refractivity contribution is -0.148. The highest BCUT2D eigenvalue weighted by Gasteiger charge is 2.13. The molecule has 4 heteroatoms. The zero-order valence-electron chi connectivity index (χ0n) is 9.63. The first-order chi connectivity index (χ1) is 6.31. The Kier molecular flexibility index (Phi) is 5.42. The molecule has 0 bridgehead atoms. The van der Waals surface area contributed by atoms with Gasteiger partial charge in [0.2, 0.25) is 0 Å². The molecule has 0 heterocycles. The summed E-state index contributed by atoms with van der Waals surface area (Å²) in [5.74, 6) is -0.307. The number of hydrogen-bond acceptors (Lipinski definition) is 4. The van der Waals surface area contributed by atoms with Gasteiger partial charge in [0, 0.05) is 26.7 Å². The first-order valence-electron chi connectivity index (χ1n) is 4.61. The van der Waals surface area contributed by atoms with Gasteiger partial charge in [-0.1, -0.05) is 6.08 Å². The molecule has 0 aliphatic carbocycles. The van der Waals surface area contributed by atoms with Gasteiger partial charge in [-0.3, -0.25) is 10.4 Å². The van der Waals surface area contributed by atoms with Crippen LogP contribution in [-0.4, -0.2) is 37.2 Å². The van der Waals surface area contributed by atoms with E-state index in [1.807, 2.05) is 39.9 Å². The van der Waals surface area contributed by atoms with Gasteiger partial charge in [-0.2, -0.15) is 0 Å². The lowest BCUT2D eigenvalue weighted by atomic mass is 10.2. The number of nitrogens with zero attached hydrogens (tertiary/aromatic N) is 1. The van der Waals surface area contributed by atoms with Crippen molar-refractivity contribution >= 4 is 5.97 Å². The Bertz CT molecular complexity index is 205. The fraction of sp³-hybridized carbons (Fsp3) is 0.700. The van der Waals surface area contributed by atoms with Crippen LogP contribution in [0.15, 0.2) is 12.2 Å². The van der Waals surface area contributed by atoms with Crippen molar-refractivity contribution in [1.82, 2.24) is 10.4 Å². The average molecular weight is 200 g/mol. The molecule has 0 aliphatic rings. The predicted molar refractivity (Wildman–Crippen MR) is 56.7 cm³/mol. The molecule has 0 spiro atoms.